The molecule has 1 heterocycles. The van der Waals surface area contributed by atoms with Gasteiger partial charge in [0.15, 0.2) is 5.96 Å². The predicted octanol–water partition coefficient (Wildman–Crippen LogP) is 1.71. The molecule has 0 aliphatic heterocycles. The Bertz CT molecular complexity index is 462. The minimum atomic E-state index is 0. The zero-order chi connectivity index (χ0) is 14.5. The second-order valence-electron chi connectivity index (χ2n) is 5.55. The summed E-state index contributed by atoms with van der Waals surface area (Å²) in [5.41, 5.74) is 1.14. The molecule has 0 radical (unpaired) electrons. The fraction of sp³-hybridized carbons (Fsp3) is 0.714. The summed E-state index contributed by atoms with van der Waals surface area (Å²) in [5, 5.41) is 6.85. The van der Waals surface area contributed by atoms with Crippen molar-refractivity contribution in [3.05, 3.63) is 11.9 Å². The third-order valence-electron chi connectivity index (χ3n) is 3.82. The molecule has 0 bridgehead atoms. The number of hydrogen-bond donors (Lipinski definition) is 2. The van der Waals surface area contributed by atoms with Gasteiger partial charge in [0.05, 0.1) is 18.4 Å². The number of imidazole rings is 1. The van der Waals surface area contributed by atoms with Crippen LogP contribution in [0.1, 0.15) is 31.4 Å². The number of rotatable bonds is 4. The lowest BCUT2D eigenvalue weighted by Crippen LogP contribution is -2.42. The van der Waals surface area contributed by atoms with Crippen LogP contribution in [0.4, 0.5) is 5.95 Å². The fourth-order valence-corrected chi connectivity index (χ4v) is 2.65. The van der Waals surface area contributed by atoms with Gasteiger partial charge in [-0.05, 0) is 12.8 Å². The van der Waals surface area contributed by atoms with Crippen molar-refractivity contribution in [2.75, 3.05) is 26.0 Å². The van der Waals surface area contributed by atoms with E-state index in [1.54, 1.807) is 0 Å². The average Bonchev–Trinajstić information content (AvgIpc) is 3.04. The van der Waals surface area contributed by atoms with E-state index >= 15 is 0 Å². The van der Waals surface area contributed by atoms with E-state index in [0.29, 0.717) is 6.04 Å². The molecule has 1 fully saturated rings. The van der Waals surface area contributed by atoms with Gasteiger partial charge in [0.25, 0.3) is 0 Å². The molecule has 2 N–H and O–H groups in total. The van der Waals surface area contributed by atoms with Gasteiger partial charge >= 0.3 is 0 Å². The van der Waals surface area contributed by atoms with E-state index in [4.69, 9.17) is 0 Å². The Morgan fingerprint density at radius 2 is 2.10 bits per heavy atom. The number of anilines is 1. The van der Waals surface area contributed by atoms with Gasteiger partial charge in [-0.1, -0.05) is 12.8 Å². The molecular weight excluding hydrogens is 379 g/mol. The second kappa shape index (κ2) is 8.45. The van der Waals surface area contributed by atoms with Crippen molar-refractivity contribution in [2.45, 2.75) is 38.3 Å². The van der Waals surface area contributed by atoms with Gasteiger partial charge in [-0.3, -0.25) is 4.99 Å². The van der Waals surface area contributed by atoms with Gasteiger partial charge in [-0.25, -0.2) is 4.98 Å². The van der Waals surface area contributed by atoms with Gasteiger partial charge < -0.3 is 20.1 Å². The Morgan fingerprint density at radius 3 is 2.62 bits per heavy atom. The first-order valence-corrected chi connectivity index (χ1v) is 7.27. The molecule has 0 unspecified atom stereocenters. The first kappa shape index (κ1) is 18.1. The van der Waals surface area contributed by atoms with Crippen LogP contribution in [-0.2, 0) is 13.6 Å². The van der Waals surface area contributed by atoms with Crippen molar-refractivity contribution >= 4 is 35.9 Å². The predicted molar refractivity (Wildman–Crippen MR) is 98.5 cm³/mol. The Morgan fingerprint density at radius 1 is 1.43 bits per heavy atom. The maximum Gasteiger partial charge on any atom is 0.204 e. The molecule has 2 rings (SSSR count). The quantitative estimate of drug-likeness (QED) is 0.454. The van der Waals surface area contributed by atoms with Crippen molar-refractivity contribution < 1.29 is 0 Å². The van der Waals surface area contributed by atoms with Gasteiger partial charge in [0.1, 0.15) is 0 Å². The molecule has 120 valence electrons. The van der Waals surface area contributed by atoms with Gasteiger partial charge in [0, 0.05) is 34.2 Å². The first-order valence-electron chi connectivity index (χ1n) is 7.27. The minimum absolute atomic E-state index is 0. The van der Waals surface area contributed by atoms with E-state index < -0.39 is 0 Å². The van der Waals surface area contributed by atoms with Crippen LogP contribution in [0.5, 0.6) is 0 Å². The smallest absolute Gasteiger partial charge is 0.204 e. The molecule has 0 atom stereocenters. The summed E-state index contributed by atoms with van der Waals surface area (Å²) < 4.78 is 2.09. The van der Waals surface area contributed by atoms with E-state index in [-0.39, 0.29) is 24.0 Å². The summed E-state index contributed by atoms with van der Waals surface area (Å²) in [7, 11) is 7.85. The molecule has 0 spiro atoms. The minimum Gasteiger partial charge on any atom is -0.354 e. The molecule has 1 aromatic rings. The number of aliphatic imine (C=N–C) groups is 1. The number of halogens is 1. The molecule has 1 saturated carbocycles. The lowest BCUT2D eigenvalue weighted by Gasteiger charge is -2.17. The fourth-order valence-electron chi connectivity index (χ4n) is 2.65. The highest BCUT2D eigenvalue weighted by atomic mass is 127. The lowest BCUT2D eigenvalue weighted by atomic mass is 10.2. The van der Waals surface area contributed by atoms with E-state index in [1.807, 2.05) is 39.3 Å². The molecule has 1 aromatic heterocycles. The largest absolute Gasteiger partial charge is 0.354 e. The summed E-state index contributed by atoms with van der Waals surface area (Å²) in [6.07, 6.45) is 7.05. The third kappa shape index (κ3) is 4.76. The normalized spacial score (nSPS) is 15.7. The number of aromatic nitrogens is 2. The summed E-state index contributed by atoms with van der Waals surface area (Å²) in [4.78, 5) is 10.7. The third-order valence-corrected chi connectivity index (χ3v) is 3.82. The molecule has 21 heavy (non-hydrogen) atoms. The molecule has 1 aliphatic carbocycles. The monoisotopic (exact) mass is 406 g/mol. The van der Waals surface area contributed by atoms with Crippen LogP contribution >= 0.6 is 24.0 Å². The van der Waals surface area contributed by atoms with Crippen LogP contribution < -0.4 is 15.5 Å². The maximum atomic E-state index is 4.41. The van der Waals surface area contributed by atoms with Gasteiger partial charge in [-0.15, -0.1) is 24.0 Å². The summed E-state index contributed by atoms with van der Waals surface area (Å²) in [6.45, 7) is 0.726. The number of nitrogens with one attached hydrogen (secondary N) is 2. The maximum absolute atomic E-state index is 4.41. The molecule has 7 heteroatoms. The van der Waals surface area contributed by atoms with Crippen LogP contribution in [0.15, 0.2) is 11.2 Å². The number of nitrogens with zero attached hydrogens (tertiary/aromatic N) is 4. The lowest BCUT2D eigenvalue weighted by molar-refractivity contribution is 0.611. The summed E-state index contributed by atoms with van der Waals surface area (Å²) in [5.74, 6) is 1.84. The van der Waals surface area contributed by atoms with Gasteiger partial charge in [-0.2, -0.15) is 0 Å². The summed E-state index contributed by atoms with van der Waals surface area (Å²) in [6, 6.07) is 0.574. The molecule has 0 amide bonds. The highest BCUT2D eigenvalue weighted by molar-refractivity contribution is 14.0. The zero-order valence-corrected chi connectivity index (χ0v) is 15.7. The van der Waals surface area contributed by atoms with Crippen molar-refractivity contribution in [1.82, 2.24) is 20.2 Å². The molecule has 0 saturated heterocycles. The molecular formula is C14H27IN6. The first-order chi connectivity index (χ1) is 9.61. The van der Waals surface area contributed by atoms with Crippen LogP contribution in [-0.4, -0.2) is 42.7 Å². The van der Waals surface area contributed by atoms with Crippen LogP contribution in [0.2, 0.25) is 0 Å². The molecule has 6 nitrogen and oxygen atoms in total. The van der Waals surface area contributed by atoms with Gasteiger partial charge in [0.2, 0.25) is 5.95 Å². The van der Waals surface area contributed by atoms with Crippen molar-refractivity contribution in [1.29, 1.82) is 0 Å². The summed E-state index contributed by atoms with van der Waals surface area (Å²) >= 11 is 0. The Hall–Kier alpha value is -0.990. The van der Waals surface area contributed by atoms with E-state index in [2.05, 4.69) is 25.2 Å². The Labute approximate surface area is 144 Å². The SMILES string of the molecule is CN=C(NCc1cnc(N(C)C)n1C)NC1CCCC1.I. The van der Waals surface area contributed by atoms with E-state index in [0.717, 1.165) is 24.1 Å². The van der Waals surface area contributed by atoms with Crippen molar-refractivity contribution in [3.63, 3.8) is 0 Å². The van der Waals surface area contributed by atoms with Crippen LogP contribution in [0.25, 0.3) is 0 Å². The van der Waals surface area contributed by atoms with Crippen LogP contribution in [0, 0.1) is 0 Å². The second-order valence-corrected chi connectivity index (χ2v) is 5.55. The zero-order valence-electron chi connectivity index (χ0n) is 13.4. The number of hydrogen-bond acceptors (Lipinski definition) is 3. The van der Waals surface area contributed by atoms with Crippen molar-refractivity contribution in [2.24, 2.45) is 12.0 Å². The molecule has 1 aliphatic rings. The van der Waals surface area contributed by atoms with Crippen LogP contribution in [0.3, 0.4) is 0 Å². The average molecular weight is 406 g/mol. The topological polar surface area (TPSA) is 57.5 Å². The van der Waals surface area contributed by atoms with E-state index in [1.165, 1.54) is 25.7 Å². The standard InChI is InChI=1S/C14H26N6.HI/c1-15-13(18-11-7-5-6-8-11)16-9-12-10-17-14(19(2)3)20(12)4;/h10-11H,5-9H2,1-4H3,(H2,15,16,18);1H. The van der Waals surface area contributed by atoms with E-state index in [9.17, 15) is 0 Å². The highest BCUT2D eigenvalue weighted by Gasteiger charge is 2.16. The highest BCUT2D eigenvalue weighted by Crippen LogP contribution is 2.17. The van der Waals surface area contributed by atoms with Crippen molar-refractivity contribution in [3.8, 4) is 0 Å². The number of guanidine groups is 1. The molecule has 0 aromatic carbocycles. The Kier molecular flexibility index (Phi) is 7.27. The Balaban J connectivity index is 0.00000220.